The Morgan fingerprint density at radius 1 is 1.41 bits per heavy atom. The standard InChI is InChI=1S/C10H13NO4S2/c1-2-16-10(11-15-17(12,13)14)8-9-6-4-3-5-7-9/h3-7H,2,8H2,1H3,(H,12,13,14). The SMILES string of the molecule is CCSC(Cc1ccccc1)=NOS(=O)(=O)O. The fourth-order valence-electron chi connectivity index (χ4n) is 1.14. The third-order valence-electron chi connectivity index (χ3n) is 1.74. The lowest BCUT2D eigenvalue weighted by Crippen LogP contribution is -2.04. The Labute approximate surface area is 105 Å². The van der Waals surface area contributed by atoms with Gasteiger partial charge in [0.05, 0.1) is 0 Å². The first-order chi connectivity index (χ1) is 8.01. The van der Waals surface area contributed by atoms with Crippen molar-refractivity contribution in [3.05, 3.63) is 35.9 Å². The molecule has 0 aromatic heterocycles. The first-order valence-corrected chi connectivity index (χ1v) is 7.26. The highest BCUT2D eigenvalue weighted by atomic mass is 32.3. The average molecular weight is 275 g/mol. The number of rotatable bonds is 5. The van der Waals surface area contributed by atoms with Crippen molar-refractivity contribution in [2.24, 2.45) is 5.16 Å². The van der Waals surface area contributed by atoms with Crippen molar-refractivity contribution < 1.29 is 17.3 Å². The van der Waals surface area contributed by atoms with E-state index in [2.05, 4.69) is 9.44 Å². The quantitative estimate of drug-likeness (QED) is 0.385. The molecule has 1 aromatic rings. The Balaban J connectivity index is 2.73. The summed E-state index contributed by atoms with van der Waals surface area (Å²) >= 11 is 1.36. The van der Waals surface area contributed by atoms with Gasteiger partial charge in [-0.3, -0.25) is 4.55 Å². The van der Waals surface area contributed by atoms with E-state index in [1.807, 2.05) is 37.3 Å². The van der Waals surface area contributed by atoms with Gasteiger partial charge >= 0.3 is 10.4 Å². The molecule has 0 radical (unpaired) electrons. The molecule has 0 spiro atoms. The van der Waals surface area contributed by atoms with Gasteiger partial charge in [0.2, 0.25) is 0 Å². The molecule has 0 amide bonds. The highest BCUT2D eigenvalue weighted by molar-refractivity contribution is 8.13. The van der Waals surface area contributed by atoms with E-state index in [1.54, 1.807) is 0 Å². The maximum absolute atomic E-state index is 10.4. The van der Waals surface area contributed by atoms with Gasteiger partial charge in [-0.25, -0.2) is 4.28 Å². The molecule has 5 nitrogen and oxygen atoms in total. The molecule has 0 aliphatic carbocycles. The van der Waals surface area contributed by atoms with Crippen molar-refractivity contribution in [2.75, 3.05) is 5.75 Å². The van der Waals surface area contributed by atoms with Crippen LogP contribution >= 0.6 is 11.8 Å². The molecular weight excluding hydrogens is 262 g/mol. The van der Waals surface area contributed by atoms with Crippen molar-refractivity contribution >= 4 is 27.2 Å². The predicted octanol–water partition coefficient (Wildman–Crippen LogP) is 2.12. The minimum atomic E-state index is -4.53. The van der Waals surface area contributed by atoms with E-state index in [0.29, 0.717) is 11.5 Å². The van der Waals surface area contributed by atoms with Crippen LogP contribution in [0.1, 0.15) is 12.5 Å². The molecule has 0 saturated heterocycles. The van der Waals surface area contributed by atoms with Gasteiger partial charge in [0, 0.05) is 6.42 Å². The van der Waals surface area contributed by atoms with Crippen molar-refractivity contribution in [3.63, 3.8) is 0 Å². The first kappa shape index (κ1) is 14.0. The van der Waals surface area contributed by atoms with E-state index >= 15 is 0 Å². The summed E-state index contributed by atoms with van der Waals surface area (Å²) < 4.78 is 33.3. The third kappa shape index (κ3) is 6.30. The lowest BCUT2D eigenvalue weighted by molar-refractivity contribution is 0.283. The summed E-state index contributed by atoms with van der Waals surface area (Å²) in [5.74, 6) is 0.737. The van der Waals surface area contributed by atoms with E-state index < -0.39 is 10.4 Å². The lowest BCUT2D eigenvalue weighted by atomic mass is 10.2. The second kappa shape index (κ2) is 6.63. The smallest absolute Gasteiger partial charge is 0.253 e. The van der Waals surface area contributed by atoms with Gasteiger partial charge < -0.3 is 0 Å². The van der Waals surface area contributed by atoms with Gasteiger partial charge in [-0.2, -0.15) is 8.42 Å². The largest absolute Gasteiger partial charge is 0.466 e. The summed E-state index contributed by atoms with van der Waals surface area (Å²) in [6.07, 6.45) is 0.467. The fraction of sp³-hybridized carbons (Fsp3) is 0.300. The highest BCUT2D eigenvalue weighted by Crippen LogP contribution is 2.11. The van der Waals surface area contributed by atoms with Crippen LogP contribution in [0.3, 0.4) is 0 Å². The predicted molar refractivity (Wildman–Crippen MR) is 68.3 cm³/mol. The molecule has 1 N–H and O–H groups in total. The van der Waals surface area contributed by atoms with Crippen LogP contribution in [0.25, 0.3) is 0 Å². The molecule has 0 heterocycles. The molecule has 0 aliphatic rings. The summed E-state index contributed by atoms with van der Waals surface area (Å²) in [5.41, 5.74) is 0.992. The monoisotopic (exact) mass is 275 g/mol. The van der Waals surface area contributed by atoms with E-state index in [1.165, 1.54) is 11.8 Å². The number of thioether (sulfide) groups is 1. The van der Waals surface area contributed by atoms with Crippen molar-refractivity contribution in [3.8, 4) is 0 Å². The van der Waals surface area contributed by atoms with Crippen LogP contribution in [-0.4, -0.2) is 23.8 Å². The fourth-order valence-corrected chi connectivity index (χ4v) is 2.06. The van der Waals surface area contributed by atoms with Crippen molar-refractivity contribution in [1.29, 1.82) is 0 Å². The van der Waals surface area contributed by atoms with E-state index in [4.69, 9.17) is 4.55 Å². The van der Waals surface area contributed by atoms with Crippen molar-refractivity contribution in [1.82, 2.24) is 0 Å². The Morgan fingerprint density at radius 3 is 2.59 bits per heavy atom. The van der Waals surface area contributed by atoms with Gasteiger partial charge in [0.1, 0.15) is 5.04 Å². The Bertz CT molecular complexity index is 470. The van der Waals surface area contributed by atoms with Gasteiger partial charge in [0.15, 0.2) is 0 Å². The summed E-state index contributed by atoms with van der Waals surface area (Å²) in [6, 6.07) is 9.46. The van der Waals surface area contributed by atoms with Crippen LogP contribution < -0.4 is 0 Å². The molecule has 94 valence electrons. The van der Waals surface area contributed by atoms with Gasteiger partial charge in [-0.05, 0) is 11.3 Å². The molecule has 0 fully saturated rings. The Hall–Kier alpha value is -1.05. The molecule has 0 aliphatic heterocycles. The van der Waals surface area contributed by atoms with Crippen LogP contribution in [-0.2, 0) is 21.1 Å². The maximum atomic E-state index is 10.4. The minimum absolute atomic E-state index is 0.467. The number of hydrogen-bond acceptors (Lipinski definition) is 5. The van der Waals surface area contributed by atoms with Crippen LogP contribution in [0.15, 0.2) is 35.5 Å². The van der Waals surface area contributed by atoms with E-state index in [-0.39, 0.29) is 0 Å². The number of oxime groups is 1. The molecule has 0 unspecified atom stereocenters. The second-order valence-corrected chi connectivity index (χ2v) is 5.42. The van der Waals surface area contributed by atoms with Crippen LogP contribution in [0.4, 0.5) is 0 Å². The molecule has 0 atom stereocenters. The number of nitrogens with zero attached hydrogens (tertiary/aromatic N) is 1. The zero-order valence-corrected chi connectivity index (χ0v) is 10.9. The van der Waals surface area contributed by atoms with Crippen LogP contribution in [0, 0.1) is 0 Å². The molecule has 7 heteroatoms. The topological polar surface area (TPSA) is 76.0 Å². The Morgan fingerprint density at radius 2 is 2.06 bits per heavy atom. The summed E-state index contributed by atoms with van der Waals surface area (Å²) in [6.45, 7) is 1.92. The highest BCUT2D eigenvalue weighted by Gasteiger charge is 2.07. The zero-order chi connectivity index (χ0) is 12.7. The van der Waals surface area contributed by atoms with Crippen LogP contribution in [0.5, 0.6) is 0 Å². The minimum Gasteiger partial charge on any atom is -0.253 e. The lowest BCUT2D eigenvalue weighted by Gasteiger charge is -2.03. The van der Waals surface area contributed by atoms with E-state index in [9.17, 15) is 8.42 Å². The number of benzene rings is 1. The molecule has 1 aromatic carbocycles. The summed E-state index contributed by atoms with van der Waals surface area (Å²) in [4.78, 5) is 0. The maximum Gasteiger partial charge on any atom is 0.466 e. The molecule has 0 saturated carbocycles. The third-order valence-corrected chi connectivity index (χ3v) is 2.85. The molecule has 1 rings (SSSR count). The number of hydrogen-bond donors (Lipinski definition) is 1. The Kier molecular flexibility index (Phi) is 5.46. The van der Waals surface area contributed by atoms with Crippen molar-refractivity contribution in [2.45, 2.75) is 13.3 Å². The zero-order valence-electron chi connectivity index (χ0n) is 9.24. The molecular formula is C10H13NO4S2. The second-order valence-electron chi connectivity index (χ2n) is 3.08. The van der Waals surface area contributed by atoms with Gasteiger partial charge in [-0.1, -0.05) is 42.4 Å². The first-order valence-electron chi connectivity index (χ1n) is 4.91. The van der Waals surface area contributed by atoms with Gasteiger partial charge in [-0.15, -0.1) is 11.8 Å². The average Bonchev–Trinajstić information content (AvgIpc) is 2.27. The van der Waals surface area contributed by atoms with Crippen LogP contribution in [0.2, 0.25) is 0 Å². The molecule has 17 heavy (non-hydrogen) atoms. The van der Waals surface area contributed by atoms with Gasteiger partial charge in [0.25, 0.3) is 0 Å². The molecule has 0 bridgehead atoms. The summed E-state index contributed by atoms with van der Waals surface area (Å²) in [7, 11) is -4.53. The van der Waals surface area contributed by atoms with E-state index in [0.717, 1.165) is 11.3 Å². The summed E-state index contributed by atoms with van der Waals surface area (Å²) in [5, 5.41) is 3.92. The normalized spacial score (nSPS) is 12.5.